The Morgan fingerprint density at radius 1 is 0.974 bits per heavy atom. The quantitative estimate of drug-likeness (QED) is 0.265. The Morgan fingerprint density at radius 3 is 2.54 bits per heavy atom. The lowest BCUT2D eigenvalue weighted by Gasteiger charge is -2.13. The van der Waals surface area contributed by atoms with E-state index in [1.54, 1.807) is 42.5 Å². The van der Waals surface area contributed by atoms with Crippen LogP contribution in [0.1, 0.15) is 11.1 Å². The van der Waals surface area contributed by atoms with Gasteiger partial charge in [0.2, 0.25) is 5.91 Å². The van der Waals surface area contributed by atoms with E-state index in [-0.39, 0.29) is 17.3 Å². The SMILES string of the molecule is COc1cc(/C=C2\SC(=O)N(CC(=O)Nc3cccc4ccccc34)C2=O)ccc1OCc1ccc(F)cc1. The third kappa shape index (κ3) is 5.94. The van der Waals surface area contributed by atoms with E-state index in [1.165, 1.54) is 19.2 Å². The molecule has 1 N–H and O–H groups in total. The molecule has 0 spiro atoms. The molecule has 1 heterocycles. The second-order valence-electron chi connectivity index (χ2n) is 8.67. The lowest BCUT2D eigenvalue weighted by molar-refractivity contribution is -0.127. The molecule has 1 aliphatic rings. The zero-order chi connectivity index (χ0) is 27.4. The molecule has 0 aliphatic carbocycles. The van der Waals surface area contributed by atoms with Gasteiger partial charge in [-0.25, -0.2) is 4.39 Å². The van der Waals surface area contributed by atoms with E-state index in [2.05, 4.69) is 5.32 Å². The average molecular weight is 543 g/mol. The van der Waals surface area contributed by atoms with Gasteiger partial charge in [-0.1, -0.05) is 54.6 Å². The van der Waals surface area contributed by atoms with Crippen molar-refractivity contribution in [1.82, 2.24) is 4.90 Å². The lowest BCUT2D eigenvalue weighted by atomic mass is 10.1. The van der Waals surface area contributed by atoms with Crippen molar-refractivity contribution < 1.29 is 28.2 Å². The number of anilines is 1. The monoisotopic (exact) mass is 542 g/mol. The molecule has 4 aromatic carbocycles. The first-order valence-corrected chi connectivity index (χ1v) is 12.8. The largest absolute Gasteiger partial charge is 0.493 e. The van der Waals surface area contributed by atoms with Crippen LogP contribution in [0.25, 0.3) is 16.8 Å². The number of benzene rings is 4. The van der Waals surface area contributed by atoms with Gasteiger partial charge in [0.25, 0.3) is 11.1 Å². The summed E-state index contributed by atoms with van der Waals surface area (Å²) < 4.78 is 24.4. The van der Waals surface area contributed by atoms with Gasteiger partial charge in [0.05, 0.1) is 12.0 Å². The Hall–Kier alpha value is -4.63. The summed E-state index contributed by atoms with van der Waals surface area (Å²) in [5.41, 5.74) is 2.02. The van der Waals surface area contributed by atoms with Gasteiger partial charge in [-0.05, 0) is 64.7 Å². The maximum Gasteiger partial charge on any atom is 0.294 e. The molecule has 1 fully saturated rings. The van der Waals surface area contributed by atoms with Crippen LogP contribution in [0.5, 0.6) is 11.5 Å². The van der Waals surface area contributed by atoms with Crippen molar-refractivity contribution in [3.8, 4) is 11.5 Å². The number of nitrogens with zero attached hydrogens (tertiary/aromatic N) is 1. The van der Waals surface area contributed by atoms with Gasteiger partial charge in [-0.2, -0.15) is 0 Å². The van der Waals surface area contributed by atoms with Crippen LogP contribution in [0.2, 0.25) is 0 Å². The lowest BCUT2D eigenvalue weighted by Crippen LogP contribution is -2.36. The summed E-state index contributed by atoms with van der Waals surface area (Å²) in [5, 5.41) is 4.11. The molecule has 1 saturated heterocycles. The maximum atomic E-state index is 13.1. The molecular weight excluding hydrogens is 519 g/mol. The molecule has 9 heteroatoms. The molecule has 0 bridgehead atoms. The van der Waals surface area contributed by atoms with Gasteiger partial charge in [0.1, 0.15) is 19.0 Å². The highest BCUT2D eigenvalue weighted by molar-refractivity contribution is 8.18. The minimum atomic E-state index is -0.548. The first-order valence-electron chi connectivity index (χ1n) is 12.0. The number of nitrogens with one attached hydrogen (secondary N) is 1. The fourth-order valence-electron chi connectivity index (χ4n) is 4.09. The number of carbonyl (C=O) groups excluding carboxylic acids is 3. The first-order chi connectivity index (χ1) is 18.9. The number of fused-ring (bicyclic) bond motifs is 1. The van der Waals surface area contributed by atoms with Crippen LogP contribution in [0.15, 0.2) is 89.8 Å². The second kappa shape index (κ2) is 11.4. The van der Waals surface area contributed by atoms with Gasteiger partial charge in [-0.15, -0.1) is 0 Å². The number of rotatable bonds is 8. The zero-order valence-corrected chi connectivity index (χ0v) is 21.7. The Kier molecular flexibility index (Phi) is 7.60. The minimum absolute atomic E-state index is 0.194. The van der Waals surface area contributed by atoms with E-state index in [9.17, 15) is 18.8 Å². The standard InChI is InChI=1S/C30H23FN2O5S/c1-37-26-15-20(11-14-25(26)38-18-19-9-12-22(31)13-10-19)16-27-29(35)33(30(36)39-27)17-28(34)32-24-8-4-6-21-5-2-3-7-23(21)24/h2-16H,17-18H2,1H3,(H,32,34)/b27-16-. The minimum Gasteiger partial charge on any atom is -0.493 e. The summed E-state index contributed by atoms with van der Waals surface area (Å²) in [6.45, 7) is -0.180. The van der Waals surface area contributed by atoms with E-state index >= 15 is 0 Å². The molecule has 196 valence electrons. The van der Waals surface area contributed by atoms with Crippen LogP contribution < -0.4 is 14.8 Å². The highest BCUT2D eigenvalue weighted by Crippen LogP contribution is 2.35. The van der Waals surface area contributed by atoms with Crippen molar-refractivity contribution in [2.24, 2.45) is 0 Å². The number of carbonyl (C=O) groups is 3. The van der Waals surface area contributed by atoms with Crippen LogP contribution in [0, 0.1) is 5.82 Å². The van der Waals surface area contributed by atoms with Crippen LogP contribution in [0.4, 0.5) is 14.9 Å². The summed E-state index contributed by atoms with van der Waals surface area (Å²) in [5.74, 6) is -0.444. The van der Waals surface area contributed by atoms with Crippen molar-refractivity contribution in [2.75, 3.05) is 19.0 Å². The molecule has 3 amide bonds. The molecule has 39 heavy (non-hydrogen) atoms. The molecule has 1 aliphatic heterocycles. The fourth-order valence-corrected chi connectivity index (χ4v) is 4.93. The number of amides is 3. The topological polar surface area (TPSA) is 84.9 Å². The van der Waals surface area contributed by atoms with E-state index in [0.29, 0.717) is 22.7 Å². The molecule has 0 unspecified atom stereocenters. The van der Waals surface area contributed by atoms with Crippen LogP contribution in [0.3, 0.4) is 0 Å². The molecule has 5 rings (SSSR count). The van der Waals surface area contributed by atoms with Gasteiger partial charge in [0.15, 0.2) is 11.5 Å². The first kappa shape index (κ1) is 26.0. The maximum absolute atomic E-state index is 13.1. The van der Waals surface area contributed by atoms with E-state index < -0.39 is 23.6 Å². The van der Waals surface area contributed by atoms with Crippen molar-refractivity contribution in [3.63, 3.8) is 0 Å². The van der Waals surface area contributed by atoms with Gasteiger partial charge < -0.3 is 14.8 Å². The average Bonchev–Trinajstić information content (AvgIpc) is 3.20. The van der Waals surface area contributed by atoms with E-state index in [0.717, 1.165) is 33.0 Å². The third-order valence-electron chi connectivity index (χ3n) is 6.03. The van der Waals surface area contributed by atoms with Gasteiger partial charge >= 0.3 is 0 Å². The Bertz CT molecular complexity index is 1600. The van der Waals surface area contributed by atoms with Gasteiger partial charge in [-0.3, -0.25) is 19.3 Å². The van der Waals surface area contributed by atoms with E-state index in [4.69, 9.17) is 9.47 Å². The molecule has 4 aromatic rings. The van der Waals surface area contributed by atoms with Crippen molar-refractivity contribution in [1.29, 1.82) is 0 Å². The van der Waals surface area contributed by atoms with Gasteiger partial charge in [0, 0.05) is 11.1 Å². The smallest absolute Gasteiger partial charge is 0.294 e. The van der Waals surface area contributed by atoms with Crippen LogP contribution >= 0.6 is 11.8 Å². The molecule has 0 radical (unpaired) electrons. The summed E-state index contributed by atoms with van der Waals surface area (Å²) in [6.07, 6.45) is 1.57. The summed E-state index contributed by atoms with van der Waals surface area (Å²) in [7, 11) is 1.49. The number of imide groups is 1. The van der Waals surface area contributed by atoms with E-state index in [1.807, 2.05) is 36.4 Å². The highest BCUT2D eigenvalue weighted by Gasteiger charge is 2.36. The molecule has 0 saturated carbocycles. The summed E-state index contributed by atoms with van der Waals surface area (Å²) in [6, 6.07) is 24.2. The molecule has 7 nitrogen and oxygen atoms in total. The van der Waals surface area contributed by atoms with Crippen molar-refractivity contribution >= 4 is 51.4 Å². The Morgan fingerprint density at radius 2 is 1.74 bits per heavy atom. The number of hydrogen-bond donors (Lipinski definition) is 1. The number of thioether (sulfide) groups is 1. The number of methoxy groups -OCH3 is 1. The summed E-state index contributed by atoms with van der Waals surface area (Å²) >= 11 is 0.770. The predicted molar refractivity (Wildman–Crippen MR) is 149 cm³/mol. The fraction of sp³-hybridized carbons (Fsp3) is 0.100. The molecule has 0 atom stereocenters. The normalized spacial score (nSPS) is 14.2. The zero-order valence-electron chi connectivity index (χ0n) is 20.8. The number of hydrogen-bond acceptors (Lipinski definition) is 6. The summed E-state index contributed by atoms with van der Waals surface area (Å²) in [4.78, 5) is 39.4. The Labute approximate surface area is 228 Å². The number of ether oxygens (including phenoxy) is 2. The van der Waals surface area contributed by atoms with Crippen molar-refractivity contribution in [3.05, 3.63) is 107 Å². The third-order valence-corrected chi connectivity index (χ3v) is 6.94. The van der Waals surface area contributed by atoms with Crippen LogP contribution in [-0.4, -0.2) is 35.6 Å². The van der Waals surface area contributed by atoms with Crippen LogP contribution in [-0.2, 0) is 16.2 Å². The highest BCUT2D eigenvalue weighted by atomic mass is 32.2. The Balaban J connectivity index is 1.26. The van der Waals surface area contributed by atoms with Crippen molar-refractivity contribution in [2.45, 2.75) is 6.61 Å². The molecular formula is C30H23FN2O5S. The molecule has 0 aromatic heterocycles. The second-order valence-corrected chi connectivity index (χ2v) is 9.66. The number of halogens is 1. The predicted octanol–water partition coefficient (Wildman–Crippen LogP) is 6.24.